The first-order valence-electron chi connectivity index (χ1n) is 7.75. The van der Waals surface area contributed by atoms with Crippen LogP contribution < -0.4 is 9.47 Å². The molecule has 0 aromatic heterocycles. The average molecular weight is 322 g/mol. The van der Waals surface area contributed by atoms with Crippen molar-refractivity contribution in [2.75, 3.05) is 7.05 Å². The maximum Gasteiger partial charge on any atom is 0.267 e. The quantitative estimate of drug-likeness (QED) is 0.872. The largest absolute Gasteiger partial charge is 0.482 e. The highest BCUT2D eigenvalue weighted by Crippen LogP contribution is 2.33. The number of para-hydroxylation sites is 2. The zero-order chi connectivity index (χ0) is 17.1. The third-order valence-corrected chi connectivity index (χ3v) is 3.94. The van der Waals surface area contributed by atoms with E-state index in [4.69, 9.17) is 14.7 Å². The van der Waals surface area contributed by atoms with Gasteiger partial charge in [0.25, 0.3) is 5.91 Å². The first kappa shape index (κ1) is 15.9. The fraction of sp³-hybridized carbons (Fsp3) is 0.263. The number of rotatable bonds is 3. The molecule has 2 aromatic carbocycles. The Kier molecular flexibility index (Phi) is 4.39. The molecule has 2 aromatic rings. The van der Waals surface area contributed by atoms with Gasteiger partial charge in [-0.1, -0.05) is 24.3 Å². The molecule has 122 valence electrons. The summed E-state index contributed by atoms with van der Waals surface area (Å²) < 4.78 is 11.6. The van der Waals surface area contributed by atoms with Crippen molar-refractivity contribution < 1.29 is 14.3 Å². The summed E-state index contributed by atoms with van der Waals surface area (Å²) >= 11 is 0. The van der Waals surface area contributed by atoms with Crippen molar-refractivity contribution >= 4 is 5.91 Å². The summed E-state index contributed by atoms with van der Waals surface area (Å²) in [5.74, 6) is 1.08. The number of likely N-dealkylation sites (N-methyl/N-ethyl adjacent to an activating group) is 1. The number of amides is 1. The molecular formula is C19H18N2O3. The van der Waals surface area contributed by atoms with Crippen LogP contribution in [0.2, 0.25) is 0 Å². The molecule has 0 spiro atoms. The van der Waals surface area contributed by atoms with Crippen molar-refractivity contribution in [1.82, 2.24) is 4.90 Å². The minimum Gasteiger partial charge on any atom is -0.482 e. The number of benzene rings is 2. The van der Waals surface area contributed by atoms with E-state index >= 15 is 0 Å². The van der Waals surface area contributed by atoms with Gasteiger partial charge in [-0.25, -0.2) is 0 Å². The van der Waals surface area contributed by atoms with Crippen LogP contribution in [0.3, 0.4) is 0 Å². The van der Waals surface area contributed by atoms with Gasteiger partial charge in [-0.05, 0) is 36.8 Å². The van der Waals surface area contributed by atoms with E-state index in [0.29, 0.717) is 23.6 Å². The smallest absolute Gasteiger partial charge is 0.267 e. The van der Waals surface area contributed by atoms with E-state index in [9.17, 15) is 4.79 Å². The summed E-state index contributed by atoms with van der Waals surface area (Å²) in [6.45, 7) is 2.23. The van der Waals surface area contributed by atoms with Gasteiger partial charge in [-0.15, -0.1) is 0 Å². The number of carbonyl (C=O) groups excluding carboxylic acids is 1. The van der Waals surface area contributed by atoms with Gasteiger partial charge >= 0.3 is 0 Å². The van der Waals surface area contributed by atoms with Crippen LogP contribution in [0.4, 0.5) is 0 Å². The number of ether oxygens (including phenoxy) is 2. The summed E-state index contributed by atoms with van der Waals surface area (Å²) in [7, 11) is 1.72. The molecule has 0 unspecified atom stereocenters. The van der Waals surface area contributed by atoms with Crippen molar-refractivity contribution in [3.8, 4) is 17.6 Å². The molecule has 0 saturated carbocycles. The zero-order valence-corrected chi connectivity index (χ0v) is 13.6. The van der Waals surface area contributed by atoms with Crippen LogP contribution in [0.25, 0.3) is 0 Å². The number of carbonyl (C=O) groups is 1. The molecule has 5 nitrogen and oxygen atoms in total. The van der Waals surface area contributed by atoms with Gasteiger partial charge in [0.2, 0.25) is 6.10 Å². The van der Waals surface area contributed by atoms with Gasteiger partial charge < -0.3 is 14.4 Å². The van der Waals surface area contributed by atoms with E-state index in [-0.39, 0.29) is 12.0 Å². The summed E-state index contributed by atoms with van der Waals surface area (Å²) in [4.78, 5) is 14.3. The molecule has 0 fully saturated rings. The van der Waals surface area contributed by atoms with E-state index in [0.717, 1.165) is 5.56 Å². The zero-order valence-electron chi connectivity index (χ0n) is 13.6. The molecule has 24 heavy (non-hydrogen) atoms. The molecule has 1 amide bonds. The Hall–Kier alpha value is -3.00. The third kappa shape index (κ3) is 3.18. The van der Waals surface area contributed by atoms with Crippen LogP contribution in [0, 0.1) is 11.3 Å². The lowest BCUT2D eigenvalue weighted by atomic mass is 10.1. The molecule has 5 heteroatoms. The third-order valence-electron chi connectivity index (χ3n) is 3.94. The van der Waals surface area contributed by atoms with Crippen molar-refractivity contribution in [3.63, 3.8) is 0 Å². The number of nitrogens with zero attached hydrogens (tertiary/aromatic N) is 2. The molecule has 0 bridgehead atoms. The molecule has 3 rings (SSSR count). The highest BCUT2D eigenvalue weighted by Gasteiger charge is 2.35. The van der Waals surface area contributed by atoms with Crippen LogP contribution in [0.1, 0.15) is 18.1 Å². The summed E-state index contributed by atoms with van der Waals surface area (Å²) in [6, 6.07) is 16.6. The summed E-state index contributed by atoms with van der Waals surface area (Å²) in [5, 5.41) is 8.97. The second-order valence-electron chi connectivity index (χ2n) is 5.81. The number of hydrogen-bond acceptors (Lipinski definition) is 4. The average Bonchev–Trinajstić information content (AvgIpc) is 2.60. The molecule has 1 aliphatic rings. The van der Waals surface area contributed by atoms with Crippen LogP contribution >= 0.6 is 0 Å². The molecule has 2 atom stereocenters. The Bertz CT molecular complexity index is 797. The van der Waals surface area contributed by atoms with Gasteiger partial charge in [-0.3, -0.25) is 4.79 Å². The summed E-state index contributed by atoms with van der Waals surface area (Å²) in [5.41, 5.74) is 1.47. The van der Waals surface area contributed by atoms with Crippen LogP contribution in [-0.4, -0.2) is 30.1 Å². The van der Waals surface area contributed by atoms with Crippen molar-refractivity contribution in [3.05, 3.63) is 59.7 Å². The number of fused-ring (bicyclic) bond motifs is 1. The lowest BCUT2D eigenvalue weighted by Gasteiger charge is -2.33. The normalized spacial score (nSPS) is 18.5. The van der Waals surface area contributed by atoms with E-state index in [1.807, 2.05) is 37.3 Å². The predicted molar refractivity (Wildman–Crippen MR) is 88.6 cm³/mol. The molecule has 0 radical (unpaired) electrons. The molecule has 0 aliphatic carbocycles. The lowest BCUT2D eigenvalue weighted by Crippen LogP contribution is -2.49. The predicted octanol–water partition coefficient (Wildman–Crippen LogP) is 2.75. The van der Waals surface area contributed by atoms with Crippen molar-refractivity contribution in [1.29, 1.82) is 5.26 Å². The fourth-order valence-corrected chi connectivity index (χ4v) is 2.70. The monoisotopic (exact) mass is 322 g/mol. The second kappa shape index (κ2) is 6.63. The van der Waals surface area contributed by atoms with Crippen LogP contribution in [0.15, 0.2) is 48.5 Å². The molecule has 0 N–H and O–H groups in total. The first-order valence-corrected chi connectivity index (χ1v) is 7.75. The molecular weight excluding hydrogens is 304 g/mol. The Morgan fingerprint density at radius 2 is 1.88 bits per heavy atom. The van der Waals surface area contributed by atoms with Crippen molar-refractivity contribution in [2.24, 2.45) is 0 Å². The second-order valence-corrected chi connectivity index (χ2v) is 5.81. The van der Waals surface area contributed by atoms with E-state index in [2.05, 4.69) is 6.07 Å². The summed E-state index contributed by atoms with van der Waals surface area (Å²) in [6.07, 6.45) is -1.07. The Morgan fingerprint density at radius 1 is 1.17 bits per heavy atom. The topological polar surface area (TPSA) is 62.6 Å². The molecule has 0 saturated heterocycles. The Balaban J connectivity index is 1.73. The van der Waals surface area contributed by atoms with Gasteiger partial charge in [0, 0.05) is 13.6 Å². The Labute approximate surface area is 141 Å². The maximum atomic E-state index is 12.7. The lowest BCUT2D eigenvalue weighted by molar-refractivity contribution is -0.143. The molecule has 1 aliphatic heterocycles. The highest BCUT2D eigenvalue weighted by molar-refractivity contribution is 5.82. The van der Waals surface area contributed by atoms with Gasteiger partial charge in [-0.2, -0.15) is 5.26 Å². The van der Waals surface area contributed by atoms with Gasteiger partial charge in [0.1, 0.15) is 6.10 Å². The van der Waals surface area contributed by atoms with E-state index in [1.54, 1.807) is 30.1 Å². The number of hydrogen-bond donors (Lipinski definition) is 0. The first-order chi connectivity index (χ1) is 11.6. The fourth-order valence-electron chi connectivity index (χ4n) is 2.70. The maximum absolute atomic E-state index is 12.7. The van der Waals surface area contributed by atoms with E-state index in [1.165, 1.54) is 0 Å². The molecule has 1 heterocycles. The van der Waals surface area contributed by atoms with Crippen molar-refractivity contribution in [2.45, 2.75) is 25.7 Å². The van der Waals surface area contributed by atoms with Crippen LogP contribution in [-0.2, 0) is 11.3 Å². The highest BCUT2D eigenvalue weighted by atomic mass is 16.6. The van der Waals surface area contributed by atoms with Crippen LogP contribution in [0.5, 0.6) is 11.5 Å². The van der Waals surface area contributed by atoms with E-state index < -0.39 is 6.10 Å². The van der Waals surface area contributed by atoms with Gasteiger partial charge in [0.05, 0.1) is 11.6 Å². The SMILES string of the molecule is C[C@H]1Oc2ccccc2O[C@H]1C(=O)N(C)Cc1cccc(C#N)c1. The standard InChI is InChI=1S/C19H18N2O3/c1-13-18(24-17-9-4-3-8-16(17)23-13)19(22)21(2)12-15-7-5-6-14(10-15)11-20/h3-10,13,18H,12H2,1-2H3/t13-,18-/m1/s1. The van der Waals surface area contributed by atoms with Gasteiger partial charge in [0.15, 0.2) is 11.5 Å². The minimum absolute atomic E-state index is 0.153. The minimum atomic E-state index is -0.691. The Morgan fingerprint density at radius 3 is 2.58 bits per heavy atom. The number of nitriles is 1.